The molecule has 0 unspecified atom stereocenters. The standard InChI is InChI=1S/C16H17NO/c1-2-14-9-6-10-16(11-14)13-18-17-12-15-7-4-3-5-8-15/h3-12H,2,13H2,1H3. The van der Waals surface area contributed by atoms with Gasteiger partial charge < -0.3 is 4.84 Å². The Labute approximate surface area is 108 Å². The van der Waals surface area contributed by atoms with Gasteiger partial charge in [-0.15, -0.1) is 0 Å². The van der Waals surface area contributed by atoms with E-state index in [1.807, 2.05) is 30.3 Å². The van der Waals surface area contributed by atoms with Crippen LogP contribution in [0.15, 0.2) is 59.8 Å². The first-order chi connectivity index (χ1) is 8.88. The summed E-state index contributed by atoms with van der Waals surface area (Å²) in [7, 11) is 0. The normalized spacial score (nSPS) is 10.7. The van der Waals surface area contributed by atoms with Crippen molar-refractivity contribution in [1.29, 1.82) is 0 Å². The Kier molecular flexibility index (Phi) is 4.53. The van der Waals surface area contributed by atoms with Gasteiger partial charge in [0, 0.05) is 0 Å². The monoisotopic (exact) mass is 239 g/mol. The first-order valence-corrected chi connectivity index (χ1v) is 6.16. The van der Waals surface area contributed by atoms with Gasteiger partial charge >= 0.3 is 0 Å². The number of oxime groups is 1. The Morgan fingerprint density at radius 1 is 1.00 bits per heavy atom. The molecule has 0 aromatic heterocycles. The van der Waals surface area contributed by atoms with Crippen molar-refractivity contribution in [3.63, 3.8) is 0 Å². The molecular weight excluding hydrogens is 222 g/mol. The molecule has 2 heteroatoms. The van der Waals surface area contributed by atoms with Crippen LogP contribution in [0.2, 0.25) is 0 Å². The number of hydrogen-bond donors (Lipinski definition) is 0. The van der Waals surface area contributed by atoms with E-state index in [0.29, 0.717) is 6.61 Å². The fourth-order valence-electron chi connectivity index (χ4n) is 1.69. The minimum absolute atomic E-state index is 0.511. The summed E-state index contributed by atoms with van der Waals surface area (Å²) in [5.41, 5.74) is 3.52. The maximum atomic E-state index is 5.29. The average molecular weight is 239 g/mol. The third-order valence-electron chi connectivity index (χ3n) is 2.71. The Morgan fingerprint density at radius 3 is 2.56 bits per heavy atom. The number of aryl methyl sites for hydroxylation is 1. The zero-order valence-electron chi connectivity index (χ0n) is 10.5. The summed E-state index contributed by atoms with van der Waals surface area (Å²) in [6, 6.07) is 18.3. The Hall–Kier alpha value is -2.09. The molecule has 0 bridgehead atoms. The van der Waals surface area contributed by atoms with Crippen LogP contribution >= 0.6 is 0 Å². The third kappa shape index (κ3) is 3.74. The number of hydrogen-bond acceptors (Lipinski definition) is 2. The smallest absolute Gasteiger partial charge is 0.142 e. The van der Waals surface area contributed by atoms with E-state index in [1.165, 1.54) is 5.56 Å². The predicted molar refractivity (Wildman–Crippen MR) is 74.6 cm³/mol. The Bertz CT molecular complexity index is 506. The fraction of sp³-hybridized carbons (Fsp3) is 0.188. The summed E-state index contributed by atoms with van der Waals surface area (Å²) >= 11 is 0. The molecule has 92 valence electrons. The van der Waals surface area contributed by atoms with Crippen molar-refractivity contribution in [2.45, 2.75) is 20.0 Å². The molecule has 2 aromatic rings. The van der Waals surface area contributed by atoms with Gasteiger partial charge in [0.25, 0.3) is 0 Å². The SMILES string of the molecule is CCc1cccc(CON=Cc2ccccc2)c1. The van der Waals surface area contributed by atoms with E-state index < -0.39 is 0 Å². The van der Waals surface area contributed by atoms with Crippen LogP contribution in [0, 0.1) is 0 Å². The van der Waals surface area contributed by atoms with Crippen LogP contribution in [0.1, 0.15) is 23.6 Å². The second kappa shape index (κ2) is 6.60. The molecule has 0 amide bonds. The van der Waals surface area contributed by atoms with E-state index in [9.17, 15) is 0 Å². The second-order valence-corrected chi connectivity index (χ2v) is 4.09. The molecule has 0 spiro atoms. The molecule has 0 fully saturated rings. The van der Waals surface area contributed by atoms with Crippen LogP contribution in [-0.4, -0.2) is 6.21 Å². The summed E-state index contributed by atoms with van der Waals surface area (Å²) in [5.74, 6) is 0. The van der Waals surface area contributed by atoms with Crippen LogP contribution in [0.25, 0.3) is 0 Å². The minimum Gasteiger partial charge on any atom is -0.391 e. The molecule has 0 aliphatic carbocycles. The lowest BCUT2D eigenvalue weighted by Gasteiger charge is -2.02. The van der Waals surface area contributed by atoms with Gasteiger partial charge in [-0.1, -0.05) is 66.7 Å². The first kappa shape index (κ1) is 12.4. The molecule has 0 saturated carbocycles. The summed E-state index contributed by atoms with van der Waals surface area (Å²) in [6.45, 7) is 2.66. The van der Waals surface area contributed by atoms with Crippen LogP contribution in [0.3, 0.4) is 0 Å². The van der Waals surface area contributed by atoms with Crippen LogP contribution in [0.5, 0.6) is 0 Å². The van der Waals surface area contributed by atoms with Gasteiger partial charge in [0.05, 0.1) is 6.21 Å². The lowest BCUT2D eigenvalue weighted by molar-refractivity contribution is 0.132. The Balaban J connectivity index is 1.86. The highest BCUT2D eigenvalue weighted by Gasteiger charge is 1.94. The maximum absolute atomic E-state index is 5.29. The van der Waals surface area contributed by atoms with Crippen LogP contribution in [-0.2, 0) is 17.9 Å². The van der Waals surface area contributed by atoms with Gasteiger partial charge in [-0.3, -0.25) is 0 Å². The van der Waals surface area contributed by atoms with Crippen molar-refractivity contribution in [3.05, 3.63) is 71.3 Å². The second-order valence-electron chi connectivity index (χ2n) is 4.09. The lowest BCUT2D eigenvalue weighted by atomic mass is 10.1. The van der Waals surface area contributed by atoms with Crippen molar-refractivity contribution in [2.24, 2.45) is 5.16 Å². The van der Waals surface area contributed by atoms with Crippen molar-refractivity contribution in [2.75, 3.05) is 0 Å². The molecule has 0 N–H and O–H groups in total. The lowest BCUT2D eigenvalue weighted by Crippen LogP contribution is -1.90. The van der Waals surface area contributed by atoms with Gasteiger partial charge in [0.1, 0.15) is 6.61 Å². The third-order valence-corrected chi connectivity index (χ3v) is 2.71. The van der Waals surface area contributed by atoms with E-state index in [-0.39, 0.29) is 0 Å². The van der Waals surface area contributed by atoms with Crippen molar-refractivity contribution < 1.29 is 4.84 Å². The molecule has 18 heavy (non-hydrogen) atoms. The molecule has 0 radical (unpaired) electrons. The fourth-order valence-corrected chi connectivity index (χ4v) is 1.69. The van der Waals surface area contributed by atoms with E-state index in [0.717, 1.165) is 17.5 Å². The average Bonchev–Trinajstić information content (AvgIpc) is 2.45. The van der Waals surface area contributed by atoms with E-state index >= 15 is 0 Å². The largest absolute Gasteiger partial charge is 0.391 e. The van der Waals surface area contributed by atoms with Crippen LogP contribution in [0.4, 0.5) is 0 Å². The van der Waals surface area contributed by atoms with Gasteiger partial charge in [-0.05, 0) is 23.1 Å². The highest BCUT2D eigenvalue weighted by Crippen LogP contribution is 2.07. The molecule has 0 saturated heterocycles. The van der Waals surface area contributed by atoms with Gasteiger partial charge in [-0.2, -0.15) is 0 Å². The van der Waals surface area contributed by atoms with Crippen LogP contribution < -0.4 is 0 Å². The number of nitrogens with zero attached hydrogens (tertiary/aromatic N) is 1. The number of benzene rings is 2. The Morgan fingerprint density at radius 2 is 1.78 bits per heavy atom. The van der Waals surface area contributed by atoms with Gasteiger partial charge in [0.15, 0.2) is 0 Å². The molecule has 2 nitrogen and oxygen atoms in total. The van der Waals surface area contributed by atoms with Gasteiger partial charge in [-0.25, -0.2) is 0 Å². The molecule has 2 rings (SSSR count). The van der Waals surface area contributed by atoms with Gasteiger partial charge in [0.2, 0.25) is 0 Å². The summed E-state index contributed by atoms with van der Waals surface area (Å²) in [4.78, 5) is 5.29. The zero-order valence-corrected chi connectivity index (χ0v) is 10.5. The van der Waals surface area contributed by atoms with Crippen molar-refractivity contribution in [3.8, 4) is 0 Å². The summed E-state index contributed by atoms with van der Waals surface area (Å²) in [6.07, 6.45) is 2.77. The zero-order chi connectivity index (χ0) is 12.6. The molecule has 0 atom stereocenters. The molecule has 2 aromatic carbocycles. The van der Waals surface area contributed by atoms with Crippen molar-refractivity contribution in [1.82, 2.24) is 0 Å². The molecule has 0 heterocycles. The first-order valence-electron chi connectivity index (χ1n) is 6.16. The highest BCUT2D eigenvalue weighted by molar-refractivity contribution is 5.78. The predicted octanol–water partition coefficient (Wildman–Crippen LogP) is 3.80. The molecule has 0 aliphatic rings. The van der Waals surface area contributed by atoms with E-state index in [4.69, 9.17) is 4.84 Å². The minimum atomic E-state index is 0.511. The molecular formula is C16H17NO. The number of rotatable bonds is 5. The van der Waals surface area contributed by atoms with E-state index in [2.05, 4.69) is 36.3 Å². The maximum Gasteiger partial charge on any atom is 0.142 e. The van der Waals surface area contributed by atoms with E-state index in [1.54, 1.807) is 6.21 Å². The topological polar surface area (TPSA) is 21.6 Å². The summed E-state index contributed by atoms with van der Waals surface area (Å²) in [5, 5.41) is 3.97. The summed E-state index contributed by atoms with van der Waals surface area (Å²) < 4.78 is 0. The van der Waals surface area contributed by atoms with Crippen molar-refractivity contribution >= 4 is 6.21 Å². The highest BCUT2D eigenvalue weighted by atomic mass is 16.6. The quantitative estimate of drug-likeness (QED) is 0.574. The molecule has 0 aliphatic heterocycles.